The molecule has 0 spiro atoms. The standard InChI is InChI=1S/C17H23ClN2O2/c18-14-5-7-16(8-6-14)22-13-17(21)20-11-9-19(10-12-20)15-3-1-2-4-15/h5-8,15H,1-4,9-13H2/p+1. The molecular formula is C17H24ClN2O2+. The van der Waals surface area contributed by atoms with Gasteiger partial charge in [0.25, 0.3) is 5.91 Å². The number of quaternary nitrogens is 1. The largest absolute Gasteiger partial charge is 0.484 e. The number of carbonyl (C=O) groups excluding carboxylic acids is 1. The van der Waals surface area contributed by atoms with Crippen molar-refractivity contribution >= 4 is 17.5 Å². The smallest absolute Gasteiger partial charge is 0.260 e. The van der Waals surface area contributed by atoms with Gasteiger partial charge in [-0.25, -0.2) is 0 Å². The molecule has 1 aliphatic heterocycles. The van der Waals surface area contributed by atoms with E-state index in [2.05, 4.69) is 0 Å². The zero-order chi connectivity index (χ0) is 15.4. The molecule has 120 valence electrons. The minimum Gasteiger partial charge on any atom is -0.484 e. The molecule has 2 fully saturated rings. The third kappa shape index (κ3) is 3.93. The Morgan fingerprint density at radius 2 is 1.82 bits per heavy atom. The number of nitrogens with zero attached hydrogens (tertiary/aromatic N) is 1. The molecule has 4 nitrogen and oxygen atoms in total. The van der Waals surface area contributed by atoms with Gasteiger partial charge in [0.05, 0.1) is 32.2 Å². The van der Waals surface area contributed by atoms with Crippen molar-refractivity contribution in [3.63, 3.8) is 0 Å². The van der Waals surface area contributed by atoms with E-state index in [1.807, 2.05) is 4.90 Å². The average molecular weight is 324 g/mol. The van der Waals surface area contributed by atoms with E-state index in [0.29, 0.717) is 10.8 Å². The Hall–Kier alpha value is -1.26. The maximum atomic E-state index is 12.2. The molecule has 1 heterocycles. The molecule has 1 amide bonds. The summed E-state index contributed by atoms with van der Waals surface area (Å²) in [5.41, 5.74) is 0. The number of hydrogen-bond donors (Lipinski definition) is 1. The maximum Gasteiger partial charge on any atom is 0.260 e. The van der Waals surface area contributed by atoms with Crippen LogP contribution in [0.5, 0.6) is 5.75 Å². The first-order chi connectivity index (χ1) is 10.7. The summed E-state index contributed by atoms with van der Waals surface area (Å²) in [6, 6.07) is 7.95. The molecule has 0 unspecified atom stereocenters. The van der Waals surface area contributed by atoms with E-state index in [0.717, 1.165) is 32.2 Å². The number of rotatable bonds is 4. The molecule has 1 aromatic carbocycles. The fourth-order valence-corrected chi connectivity index (χ4v) is 3.68. The first-order valence-electron chi connectivity index (χ1n) is 8.23. The first kappa shape index (κ1) is 15.6. The molecule has 0 atom stereocenters. The fraction of sp³-hybridized carbons (Fsp3) is 0.588. The van der Waals surface area contributed by atoms with Crippen molar-refractivity contribution in [3.05, 3.63) is 29.3 Å². The van der Waals surface area contributed by atoms with Crippen LogP contribution in [-0.4, -0.2) is 49.6 Å². The van der Waals surface area contributed by atoms with Crippen LogP contribution in [0.3, 0.4) is 0 Å². The number of piperazine rings is 1. The van der Waals surface area contributed by atoms with E-state index >= 15 is 0 Å². The van der Waals surface area contributed by atoms with Crippen molar-refractivity contribution in [2.45, 2.75) is 31.7 Å². The summed E-state index contributed by atoms with van der Waals surface area (Å²) < 4.78 is 5.55. The molecule has 1 aliphatic carbocycles. The summed E-state index contributed by atoms with van der Waals surface area (Å²) in [5, 5.41) is 0.671. The number of ether oxygens (including phenoxy) is 1. The minimum atomic E-state index is 0.0837. The predicted molar refractivity (Wildman–Crippen MR) is 86.5 cm³/mol. The van der Waals surface area contributed by atoms with Crippen LogP contribution < -0.4 is 9.64 Å². The molecule has 0 aromatic heterocycles. The average Bonchev–Trinajstić information content (AvgIpc) is 3.09. The van der Waals surface area contributed by atoms with E-state index in [4.69, 9.17) is 16.3 Å². The van der Waals surface area contributed by atoms with E-state index in [9.17, 15) is 4.79 Å². The fourth-order valence-electron chi connectivity index (χ4n) is 3.55. The number of halogens is 1. The molecule has 1 aromatic rings. The zero-order valence-corrected chi connectivity index (χ0v) is 13.6. The van der Waals surface area contributed by atoms with Crippen LogP contribution in [0.4, 0.5) is 0 Å². The lowest BCUT2D eigenvalue weighted by Gasteiger charge is -2.35. The van der Waals surface area contributed by atoms with Gasteiger partial charge in [0.1, 0.15) is 5.75 Å². The Kier molecular flexibility index (Phi) is 5.21. The Balaban J connectivity index is 1.42. The zero-order valence-electron chi connectivity index (χ0n) is 12.9. The van der Waals surface area contributed by atoms with Crippen LogP contribution in [0.25, 0.3) is 0 Å². The highest BCUT2D eigenvalue weighted by Gasteiger charge is 2.30. The lowest BCUT2D eigenvalue weighted by Crippen LogP contribution is -3.18. The van der Waals surface area contributed by atoms with Gasteiger partial charge in [0, 0.05) is 5.02 Å². The highest BCUT2D eigenvalue weighted by molar-refractivity contribution is 6.30. The summed E-state index contributed by atoms with van der Waals surface area (Å²) in [7, 11) is 0. The second-order valence-corrected chi connectivity index (χ2v) is 6.70. The van der Waals surface area contributed by atoms with E-state index in [-0.39, 0.29) is 12.5 Å². The van der Waals surface area contributed by atoms with Gasteiger partial charge < -0.3 is 14.5 Å². The van der Waals surface area contributed by atoms with Gasteiger partial charge in [-0.1, -0.05) is 11.6 Å². The van der Waals surface area contributed by atoms with Gasteiger partial charge >= 0.3 is 0 Å². The Morgan fingerprint density at radius 3 is 2.45 bits per heavy atom. The number of amides is 1. The SMILES string of the molecule is O=C(COc1ccc(Cl)cc1)N1CC[NH+](C2CCCC2)CC1. The van der Waals surface area contributed by atoms with Crippen molar-refractivity contribution in [2.75, 3.05) is 32.8 Å². The second-order valence-electron chi connectivity index (χ2n) is 6.26. The lowest BCUT2D eigenvalue weighted by molar-refractivity contribution is -0.928. The summed E-state index contributed by atoms with van der Waals surface area (Å²) in [5.74, 6) is 0.772. The Labute approximate surface area is 137 Å². The highest BCUT2D eigenvalue weighted by atomic mass is 35.5. The van der Waals surface area contributed by atoms with Crippen molar-refractivity contribution < 1.29 is 14.4 Å². The normalized spacial score (nSPS) is 20.3. The molecule has 1 saturated heterocycles. The topological polar surface area (TPSA) is 34.0 Å². The van der Waals surface area contributed by atoms with Crippen LogP contribution in [0, 0.1) is 0 Å². The molecule has 1 N–H and O–H groups in total. The molecule has 0 bridgehead atoms. The Morgan fingerprint density at radius 1 is 1.18 bits per heavy atom. The van der Waals surface area contributed by atoms with E-state index in [1.165, 1.54) is 25.7 Å². The third-order valence-electron chi connectivity index (χ3n) is 4.87. The van der Waals surface area contributed by atoms with Crippen LogP contribution in [0.1, 0.15) is 25.7 Å². The monoisotopic (exact) mass is 323 g/mol. The predicted octanol–water partition coefficient (Wildman–Crippen LogP) is 1.39. The highest BCUT2D eigenvalue weighted by Crippen LogP contribution is 2.16. The molecule has 0 radical (unpaired) electrons. The van der Waals surface area contributed by atoms with Crippen LogP contribution in [0.2, 0.25) is 5.02 Å². The van der Waals surface area contributed by atoms with Gasteiger partial charge in [-0.05, 0) is 49.9 Å². The summed E-state index contributed by atoms with van der Waals surface area (Å²) >= 11 is 5.83. The molecular weight excluding hydrogens is 300 g/mol. The van der Waals surface area contributed by atoms with Crippen LogP contribution >= 0.6 is 11.6 Å². The Bertz CT molecular complexity index is 492. The summed E-state index contributed by atoms with van der Waals surface area (Å²) in [4.78, 5) is 15.9. The number of nitrogens with one attached hydrogen (secondary N) is 1. The third-order valence-corrected chi connectivity index (χ3v) is 5.12. The van der Waals surface area contributed by atoms with Gasteiger partial charge in [-0.15, -0.1) is 0 Å². The van der Waals surface area contributed by atoms with Gasteiger partial charge in [0.15, 0.2) is 6.61 Å². The second kappa shape index (κ2) is 7.34. The molecule has 1 saturated carbocycles. The van der Waals surface area contributed by atoms with Crippen LogP contribution in [-0.2, 0) is 4.79 Å². The number of carbonyl (C=O) groups is 1. The van der Waals surface area contributed by atoms with E-state index in [1.54, 1.807) is 29.2 Å². The number of hydrogen-bond acceptors (Lipinski definition) is 2. The quantitative estimate of drug-likeness (QED) is 0.908. The molecule has 2 aliphatic rings. The van der Waals surface area contributed by atoms with Crippen molar-refractivity contribution in [1.82, 2.24) is 4.90 Å². The maximum absolute atomic E-state index is 12.2. The minimum absolute atomic E-state index is 0.0837. The van der Waals surface area contributed by atoms with Crippen molar-refractivity contribution in [3.8, 4) is 5.75 Å². The van der Waals surface area contributed by atoms with Crippen molar-refractivity contribution in [2.24, 2.45) is 0 Å². The van der Waals surface area contributed by atoms with Crippen molar-refractivity contribution in [1.29, 1.82) is 0 Å². The summed E-state index contributed by atoms with van der Waals surface area (Å²) in [6.45, 7) is 3.98. The lowest BCUT2D eigenvalue weighted by atomic mass is 10.2. The van der Waals surface area contributed by atoms with Gasteiger partial charge in [0.2, 0.25) is 0 Å². The van der Waals surface area contributed by atoms with E-state index < -0.39 is 0 Å². The van der Waals surface area contributed by atoms with Gasteiger partial charge in [-0.2, -0.15) is 0 Å². The first-order valence-corrected chi connectivity index (χ1v) is 8.61. The summed E-state index contributed by atoms with van der Waals surface area (Å²) in [6.07, 6.45) is 5.49. The van der Waals surface area contributed by atoms with Gasteiger partial charge in [-0.3, -0.25) is 4.79 Å². The molecule has 5 heteroatoms. The van der Waals surface area contributed by atoms with Crippen LogP contribution in [0.15, 0.2) is 24.3 Å². The molecule has 3 rings (SSSR count). The molecule has 22 heavy (non-hydrogen) atoms. The number of benzene rings is 1.